The van der Waals surface area contributed by atoms with E-state index < -0.39 is 34.0 Å². The Morgan fingerprint density at radius 1 is 1.09 bits per heavy atom. The summed E-state index contributed by atoms with van der Waals surface area (Å²) in [6.45, 7) is 3.41. The molecule has 0 N–H and O–H groups in total. The molecule has 1 atom stereocenters. The number of carbonyl (C=O) groups is 3. The quantitative estimate of drug-likeness (QED) is 0.272. The van der Waals surface area contributed by atoms with Crippen LogP contribution in [0.4, 0.5) is 0 Å². The molecule has 2 aromatic carbocycles. The fourth-order valence-electron chi connectivity index (χ4n) is 3.49. The maximum Gasteiger partial charge on any atom is 0.303 e. The van der Waals surface area contributed by atoms with E-state index in [2.05, 4.69) is 23.0 Å². The lowest BCUT2D eigenvalue weighted by Gasteiger charge is -2.25. The normalized spacial score (nSPS) is 14.2. The third-order valence-electron chi connectivity index (χ3n) is 4.83. The van der Waals surface area contributed by atoms with E-state index in [-0.39, 0.29) is 16.2 Å². The van der Waals surface area contributed by atoms with Crippen molar-refractivity contribution in [3.05, 3.63) is 47.0 Å². The van der Waals surface area contributed by atoms with Crippen molar-refractivity contribution in [2.75, 3.05) is 6.26 Å². The van der Waals surface area contributed by atoms with Crippen LogP contribution < -0.4 is 0 Å². The minimum atomic E-state index is -4.09. The van der Waals surface area contributed by atoms with Gasteiger partial charge in [-0.25, -0.2) is 0 Å². The Bertz CT molecular complexity index is 1230. The van der Waals surface area contributed by atoms with Gasteiger partial charge in [-0.1, -0.05) is 43.7 Å². The smallest absolute Gasteiger partial charge is 0.303 e. The van der Waals surface area contributed by atoms with Crippen molar-refractivity contribution in [1.82, 2.24) is 5.06 Å². The van der Waals surface area contributed by atoms with Gasteiger partial charge in [0.2, 0.25) is 0 Å². The topological polar surface area (TPSA) is 107 Å². The molecule has 0 saturated carbocycles. The van der Waals surface area contributed by atoms with Crippen molar-refractivity contribution in [3.63, 3.8) is 0 Å². The van der Waals surface area contributed by atoms with Crippen LogP contribution in [0.2, 0.25) is 0 Å². The van der Waals surface area contributed by atoms with E-state index in [1.54, 1.807) is 18.2 Å². The summed E-state index contributed by atoms with van der Waals surface area (Å²) in [5.41, 5.74) is 0.809. The predicted octanol–water partition coefficient (Wildman–Crippen LogP) is 3.19. The Morgan fingerprint density at radius 2 is 1.78 bits per heavy atom. The molecular formula is C23H23NO7S. The lowest BCUT2D eigenvalue weighted by Crippen LogP contribution is -2.41. The van der Waals surface area contributed by atoms with Crippen LogP contribution in [-0.2, 0) is 23.9 Å². The number of imide groups is 1. The van der Waals surface area contributed by atoms with Crippen molar-refractivity contribution < 1.29 is 31.8 Å². The lowest BCUT2D eigenvalue weighted by molar-refractivity contribution is -0.144. The van der Waals surface area contributed by atoms with Gasteiger partial charge in [0.15, 0.2) is 6.10 Å². The molecule has 0 aliphatic carbocycles. The van der Waals surface area contributed by atoms with Gasteiger partial charge < -0.3 is 4.74 Å². The van der Waals surface area contributed by atoms with Crippen LogP contribution in [0.25, 0.3) is 10.8 Å². The van der Waals surface area contributed by atoms with E-state index in [0.29, 0.717) is 22.8 Å². The van der Waals surface area contributed by atoms with E-state index in [9.17, 15) is 22.8 Å². The first-order valence-electron chi connectivity index (χ1n) is 10.1. The van der Waals surface area contributed by atoms with Gasteiger partial charge in [0.1, 0.15) is 0 Å². The Morgan fingerprint density at radius 3 is 2.41 bits per heavy atom. The first-order valence-corrected chi connectivity index (χ1v) is 12.0. The maximum atomic E-state index is 12.8. The van der Waals surface area contributed by atoms with E-state index in [0.717, 1.165) is 25.5 Å². The Hall–Kier alpha value is -3.22. The molecule has 32 heavy (non-hydrogen) atoms. The first kappa shape index (κ1) is 23.4. The number of benzene rings is 2. The number of hydrogen-bond acceptors (Lipinski definition) is 7. The Balaban J connectivity index is 2.03. The van der Waals surface area contributed by atoms with Crippen LogP contribution >= 0.6 is 0 Å². The predicted molar refractivity (Wildman–Crippen MR) is 117 cm³/mol. The number of rotatable bonds is 7. The van der Waals surface area contributed by atoms with E-state index >= 15 is 0 Å². The second kappa shape index (κ2) is 9.51. The number of unbranched alkanes of at least 4 members (excludes halogenated alkanes) is 2. The second-order valence-corrected chi connectivity index (χ2v) is 8.99. The zero-order chi connectivity index (χ0) is 23.5. The standard InChI is InChI=1S/C23H23NO7S/c1-4-5-6-8-17(30-15(2)25)13-11-16-12-14-20-21-18(16)9-7-10-19(21)22(26)24(23(20)27)31-32(3,28)29/h7,9-10,12,14,17H,4-6,8H2,1-3H3. The van der Waals surface area contributed by atoms with Gasteiger partial charge in [-0.05, 0) is 36.4 Å². The number of hydrogen-bond donors (Lipinski definition) is 0. The molecular weight excluding hydrogens is 434 g/mol. The molecule has 0 bridgehead atoms. The van der Waals surface area contributed by atoms with E-state index in [1.165, 1.54) is 19.1 Å². The maximum absolute atomic E-state index is 12.8. The summed E-state index contributed by atoms with van der Waals surface area (Å²) >= 11 is 0. The lowest BCUT2D eigenvalue weighted by atomic mass is 9.92. The van der Waals surface area contributed by atoms with Crippen LogP contribution in [-0.4, -0.2) is 43.6 Å². The fraction of sp³-hybridized carbons (Fsp3) is 0.348. The zero-order valence-corrected chi connectivity index (χ0v) is 18.8. The van der Waals surface area contributed by atoms with E-state index in [4.69, 9.17) is 4.74 Å². The first-order chi connectivity index (χ1) is 15.1. The van der Waals surface area contributed by atoms with Gasteiger partial charge in [0.05, 0.1) is 17.4 Å². The summed E-state index contributed by atoms with van der Waals surface area (Å²) in [5.74, 6) is 3.82. The summed E-state index contributed by atoms with van der Waals surface area (Å²) in [6.07, 6.45) is 3.69. The highest BCUT2D eigenvalue weighted by Gasteiger charge is 2.36. The van der Waals surface area contributed by atoms with Gasteiger partial charge in [-0.15, -0.1) is 9.35 Å². The fourth-order valence-corrected chi connectivity index (χ4v) is 3.89. The summed E-state index contributed by atoms with van der Waals surface area (Å²) in [5, 5.41) is 1.18. The van der Waals surface area contributed by atoms with Crippen molar-refractivity contribution in [2.24, 2.45) is 0 Å². The molecule has 1 aliphatic heterocycles. The van der Waals surface area contributed by atoms with Crippen LogP contribution in [0.5, 0.6) is 0 Å². The zero-order valence-electron chi connectivity index (χ0n) is 18.0. The molecule has 1 heterocycles. The molecule has 1 unspecified atom stereocenters. The molecule has 168 valence electrons. The second-order valence-electron chi connectivity index (χ2n) is 7.44. The SMILES string of the molecule is CCCCCC(C#Cc1ccc2c3c(cccc13)C(=O)N(OS(C)(=O)=O)C2=O)OC(C)=O. The molecule has 0 aromatic heterocycles. The summed E-state index contributed by atoms with van der Waals surface area (Å²) in [6, 6.07) is 7.91. The molecule has 0 saturated heterocycles. The molecule has 0 fully saturated rings. The molecule has 0 spiro atoms. The Labute approximate surface area is 186 Å². The van der Waals surface area contributed by atoms with Gasteiger partial charge in [0, 0.05) is 17.9 Å². The molecule has 0 radical (unpaired) electrons. The number of hydroxylamine groups is 2. The van der Waals surface area contributed by atoms with Gasteiger partial charge >= 0.3 is 5.97 Å². The summed E-state index contributed by atoms with van der Waals surface area (Å²) in [4.78, 5) is 36.9. The molecule has 2 aromatic rings. The number of ether oxygens (including phenoxy) is 1. The van der Waals surface area contributed by atoms with Gasteiger partial charge in [-0.3, -0.25) is 14.4 Å². The molecule has 3 rings (SSSR count). The molecule has 9 heteroatoms. The van der Waals surface area contributed by atoms with Gasteiger partial charge in [-0.2, -0.15) is 8.42 Å². The molecule has 8 nitrogen and oxygen atoms in total. The van der Waals surface area contributed by atoms with Crippen LogP contribution in [0.1, 0.15) is 65.8 Å². The van der Waals surface area contributed by atoms with Gasteiger partial charge in [0.25, 0.3) is 21.9 Å². The number of esters is 1. The number of carbonyl (C=O) groups excluding carboxylic acids is 3. The highest BCUT2D eigenvalue weighted by molar-refractivity contribution is 7.85. The van der Waals surface area contributed by atoms with E-state index in [1.807, 2.05) is 0 Å². The van der Waals surface area contributed by atoms with Crippen molar-refractivity contribution in [2.45, 2.75) is 45.6 Å². The average Bonchev–Trinajstić information content (AvgIpc) is 2.72. The minimum Gasteiger partial charge on any atom is -0.449 e. The van der Waals surface area contributed by atoms with Crippen LogP contribution in [0.15, 0.2) is 30.3 Å². The van der Waals surface area contributed by atoms with Crippen molar-refractivity contribution in [1.29, 1.82) is 0 Å². The van der Waals surface area contributed by atoms with Crippen molar-refractivity contribution in [3.8, 4) is 11.8 Å². The summed E-state index contributed by atoms with van der Waals surface area (Å²) in [7, 11) is -4.09. The van der Waals surface area contributed by atoms with Crippen molar-refractivity contribution >= 4 is 38.7 Å². The highest BCUT2D eigenvalue weighted by atomic mass is 32.2. The van der Waals surface area contributed by atoms with Crippen LogP contribution in [0.3, 0.4) is 0 Å². The molecule has 1 aliphatic rings. The third kappa shape index (κ3) is 5.15. The largest absolute Gasteiger partial charge is 0.449 e. The molecule has 2 amide bonds. The highest BCUT2D eigenvalue weighted by Crippen LogP contribution is 2.32. The Kier molecular flexibility index (Phi) is 6.96. The number of nitrogens with zero attached hydrogens (tertiary/aromatic N) is 1. The average molecular weight is 458 g/mol. The minimum absolute atomic E-state index is 0.129. The monoisotopic (exact) mass is 457 g/mol. The summed E-state index contributed by atoms with van der Waals surface area (Å²) < 4.78 is 32.9. The third-order valence-corrected chi connectivity index (χ3v) is 5.25. The number of amides is 2. The van der Waals surface area contributed by atoms with Crippen LogP contribution in [0, 0.1) is 11.8 Å².